The minimum absolute atomic E-state index is 0.0470. The second-order valence-corrected chi connectivity index (χ2v) is 5.43. The maximum atomic E-state index is 13.6. The van der Waals surface area contributed by atoms with Crippen LogP contribution in [0, 0.1) is 17.1 Å². The number of rotatable bonds is 6. The van der Waals surface area contributed by atoms with Gasteiger partial charge in [0.25, 0.3) is 0 Å². The van der Waals surface area contributed by atoms with Gasteiger partial charge in [-0.3, -0.25) is 9.59 Å². The van der Waals surface area contributed by atoms with Gasteiger partial charge < -0.3 is 4.74 Å². The van der Waals surface area contributed by atoms with E-state index in [0.717, 1.165) is 6.07 Å². The van der Waals surface area contributed by atoms with E-state index in [4.69, 9.17) is 10.00 Å². The van der Waals surface area contributed by atoms with Crippen molar-refractivity contribution in [3.05, 3.63) is 57.5 Å². The van der Waals surface area contributed by atoms with Gasteiger partial charge in [-0.1, -0.05) is 12.1 Å². The van der Waals surface area contributed by atoms with Gasteiger partial charge >= 0.3 is 5.97 Å². The Kier molecular flexibility index (Phi) is 5.39. The Hall–Kier alpha value is -2.52. The fraction of sp³-hybridized carbons (Fsp3) is 0.188. The van der Waals surface area contributed by atoms with E-state index in [-0.39, 0.29) is 36.4 Å². The molecule has 0 saturated carbocycles. The Morgan fingerprint density at radius 1 is 1.27 bits per heavy atom. The zero-order valence-corrected chi connectivity index (χ0v) is 12.4. The van der Waals surface area contributed by atoms with Crippen molar-refractivity contribution in [1.29, 1.82) is 5.26 Å². The molecule has 0 atom stereocenters. The molecule has 0 aliphatic carbocycles. The molecule has 1 heterocycles. The molecule has 0 saturated heterocycles. The smallest absolute Gasteiger partial charge is 0.306 e. The molecule has 1 aromatic heterocycles. The summed E-state index contributed by atoms with van der Waals surface area (Å²) in [6, 6.07) is 9.23. The summed E-state index contributed by atoms with van der Waals surface area (Å²) >= 11 is 1.32. The first kappa shape index (κ1) is 15.9. The molecular weight excluding hydrogens is 305 g/mol. The lowest BCUT2D eigenvalue weighted by atomic mass is 10.1. The number of ether oxygens (including phenoxy) is 1. The molecule has 2 aromatic rings. The zero-order chi connectivity index (χ0) is 15.9. The third kappa shape index (κ3) is 4.24. The van der Waals surface area contributed by atoms with E-state index < -0.39 is 11.8 Å². The maximum absolute atomic E-state index is 13.6. The number of carbonyl (C=O) groups is 2. The topological polar surface area (TPSA) is 67.2 Å². The van der Waals surface area contributed by atoms with Crippen molar-refractivity contribution in [2.24, 2.45) is 0 Å². The molecule has 0 fully saturated rings. The standard InChI is InChI=1S/C16H12FNO3S/c17-13-8-11(9-18)3-4-12(13)10-21-16(20)6-5-14(19)15-2-1-7-22-15/h1-4,7-8H,5-6,10H2. The van der Waals surface area contributed by atoms with Crippen LogP contribution in [0.5, 0.6) is 0 Å². The number of halogens is 1. The predicted octanol–water partition coefficient (Wildman–Crippen LogP) is 3.47. The molecule has 0 bridgehead atoms. The minimum atomic E-state index is -0.596. The van der Waals surface area contributed by atoms with Gasteiger partial charge in [-0.2, -0.15) is 5.26 Å². The molecular formula is C16H12FNO3S. The van der Waals surface area contributed by atoms with Crippen molar-refractivity contribution >= 4 is 23.1 Å². The summed E-state index contributed by atoms with van der Waals surface area (Å²) in [6.45, 7) is -0.219. The highest BCUT2D eigenvalue weighted by Gasteiger charge is 2.12. The zero-order valence-electron chi connectivity index (χ0n) is 11.5. The number of benzene rings is 1. The Balaban J connectivity index is 1.81. The van der Waals surface area contributed by atoms with Gasteiger partial charge in [-0.15, -0.1) is 11.3 Å². The van der Waals surface area contributed by atoms with Crippen molar-refractivity contribution < 1.29 is 18.7 Å². The largest absolute Gasteiger partial charge is 0.461 e. The molecule has 112 valence electrons. The molecule has 0 radical (unpaired) electrons. The van der Waals surface area contributed by atoms with Crippen molar-refractivity contribution in [2.45, 2.75) is 19.4 Å². The monoisotopic (exact) mass is 317 g/mol. The first-order valence-corrected chi connectivity index (χ1v) is 7.39. The van der Waals surface area contributed by atoms with Gasteiger partial charge in [0.2, 0.25) is 0 Å². The summed E-state index contributed by atoms with van der Waals surface area (Å²) < 4.78 is 18.5. The van der Waals surface area contributed by atoms with Crippen LogP contribution in [-0.4, -0.2) is 11.8 Å². The van der Waals surface area contributed by atoms with E-state index in [9.17, 15) is 14.0 Å². The number of hydrogen-bond donors (Lipinski definition) is 0. The van der Waals surface area contributed by atoms with Crippen molar-refractivity contribution in [3.8, 4) is 6.07 Å². The quantitative estimate of drug-likeness (QED) is 0.604. The molecule has 0 aliphatic heterocycles. The fourth-order valence-electron chi connectivity index (χ4n) is 1.74. The summed E-state index contributed by atoms with van der Waals surface area (Å²) in [6.07, 6.45) is 0.0177. The van der Waals surface area contributed by atoms with E-state index in [1.165, 1.54) is 23.5 Å². The Labute approximate surface area is 130 Å². The molecule has 0 unspecified atom stereocenters. The van der Waals surface area contributed by atoms with Gasteiger partial charge in [0.05, 0.1) is 22.9 Å². The minimum Gasteiger partial charge on any atom is -0.461 e. The highest BCUT2D eigenvalue weighted by Crippen LogP contribution is 2.14. The second-order valence-electron chi connectivity index (χ2n) is 4.48. The third-order valence-electron chi connectivity index (χ3n) is 2.92. The number of thiophene rings is 1. The molecule has 0 spiro atoms. The van der Waals surface area contributed by atoms with Crippen molar-refractivity contribution in [3.63, 3.8) is 0 Å². The number of ketones is 1. The number of nitriles is 1. The second kappa shape index (κ2) is 7.48. The summed E-state index contributed by atoms with van der Waals surface area (Å²) in [5.41, 5.74) is 0.394. The Morgan fingerprint density at radius 2 is 2.09 bits per heavy atom. The van der Waals surface area contributed by atoms with E-state index in [1.54, 1.807) is 17.5 Å². The molecule has 4 nitrogen and oxygen atoms in total. The summed E-state index contributed by atoms with van der Waals surface area (Å²) in [5, 5.41) is 10.4. The van der Waals surface area contributed by atoms with Crippen LogP contribution in [0.1, 0.15) is 33.6 Å². The van der Waals surface area contributed by atoms with E-state index in [2.05, 4.69) is 0 Å². The SMILES string of the molecule is N#Cc1ccc(COC(=O)CCC(=O)c2cccs2)c(F)c1. The highest BCUT2D eigenvalue weighted by molar-refractivity contribution is 7.12. The molecule has 1 aromatic carbocycles. The van der Waals surface area contributed by atoms with E-state index >= 15 is 0 Å². The number of hydrogen-bond acceptors (Lipinski definition) is 5. The van der Waals surface area contributed by atoms with Crippen molar-refractivity contribution in [1.82, 2.24) is 0 Å². The maximum Gasteiger partial charge on any atom is 0.306 e. The first-order valence-electron chi connectivity index (χ1n) is 6.51. The molecule has 0 aliphatic rings. The lowest BCUT2D eigenvalue weighted by Gasteiger charge is -2.06. The van der Waals surface area contributed by atoms with Crippen molar-refractivity contribution in [2.75, 3.05) is 0 Å². The number of carbonyl (C=O) groups excluding carboxylic acids is 2. The molecule has 0 amide bonds. The average molecular weight is 317 g/mol. The predicted molar refractivity (Wildman–Crippen MR) is 78.8 cm³/mol. The first-order chi connectivity index (χ1) is 10.6. The number of nitrogens with zero attached hydrogens (tertiary/aromatic N) is 1. The fourth-order valence-corrected chi connectivity index (χ4v) is 2.43. The lowest BCUT2D eigenvalue weighted by molar-refractivity contribution is -0.144. The lowest BCUT2D eigenvalue weighted by Crippen LogP contribution is -2.08. The van der Waals surface area contributed by atoms with Crippen LogP contribution < -0.4 is 0 Å². The molecule has 6 heteroatoms. The normalized spacial score (nSPS) is 10.0. The summed E-state index contributed by atoms with van der Waals surface area (Å²) in [4.78, 5) is 23.9. The Bertz CT molecular complexity index is 719. The van der Waals surface area contributed by atoms with Crippen LogP contribution >= 0.6 is 11.3 Å². The third-order valence-corrected chi connectivity index (χ3v) is 3.83. The number of Topliss-reactive ketones (excluding diaryl/α,β-unsaturated/α-hetero) is 1. The highest BCUT2D eigenvalue weighted by atomic mass is 32.1. The van der Waals surface area contributed by atoms with Crippen LogP contribution in [0.25, 0.3) is 0 Å². The molecule has 2 rings (SSSR count). The van der Waals surface area contributed by atoms with Crippen LogP contribution in [0.15, 0.2) is 35.7 Å². The van der Waals surface area contributed by atoms with Crippen LogP contribution in [0.4, 0.5) is 4.39 Å². The van der Waals surface area contributed by atoms with Crippen LogP contribution in [0.3, 0.4) is 0 Å². The molecule has 0 N–H and O–H groups in total. The Morgan fingerprint density at radius 3 is 2.73 bits per heavy atom. The van der Waals surface area contributed by atoms with Gasteiger partial charge in [0, 0.05) is 12.0 Å². The van der Waals surface area contributed by atoms with Gasteiger partial charge in [0.15, 0.2) is 5.78 Å². The average Bonchev–Trinajstić information content (AvgIpc) is 3.05. The van der Waals surface area contributed by atoms with Gasteiger partial charge in [-0.25, -0.2) is 4.39 Å². The molecule has 22 heavy (non-hydrogen) atoms. The summed E-state index contributed by atoms with van der Waals surface area (Å²) in [7, 11) is 0. The summed E-state index contributed by atoms with van der Waals surface area (Å²) in [5.74, 6) is -1.27. The van der Waals surface area contributed by atoms with Gasteiger partial charge in [-0.05, 0) is 23.6 Å². The van der Waals surface area contributed by atoms with E-state index in [0.29, 0.717) is 4.88 Å². The van der Waals surface area contributed by atoms with Crippen LogP contribution in [-0.2, 0) is 16.1 Å². The van der Waals surface area contributed by atoms with Gasteiger partial charge in [0.1, 0.15) is 12.4 Å². The van der Waals surface area contributed by atoms with Crippen LogP contribution in [0.2, 0.25) is 0 Å². The van der Waals surface area contributed by atoms with E-state index in [1.807, 2.05) is 6.07 Å². The number of esters is 1.